The lowest BCUT2D eigenvalue weighted by molar-refractivity contribution is 0.224. The molecule has 2 N–H and O–H groups in total. The summed E-state index contributed by atoms with van der Waals surface area (Å²) in [6.07, 6.45) is 6.64. The van der Waals surface area contributed by atoms with E-state index >= 15 is 0 Å². The molecule has 4 rings (SSSR count). The minimum Gasteiger partial charge on any atom is -0.368 e. The van der Waals surface area contributed by atoms with E-state index in [0.29, 0.717) is 12.1 Å². The first-order valence-electron chi connectivity index (χ1n) is 7.65. The van der Waals surface area contributed by atoms with Crippen LogP contribution in [0.5, 0.6) is 0 Å². The molecule has 1 saturated heterocycles. The van der Waals surface area contributed by atoms with Crippen molar-refractivity contribution in [1.29, 1.82) is 0 Å². The summed E-state index contributed by atoms with van der Waals surface area (Å²) in [4.78, 5) is 5.87. The third-order valence-corrected chi connectivity index (χ3v) is 5.10. The Morgan fingerprint density at radius 1 is 1.29 bits per heavy atom. The summed E-state index contributed by atoms with van der Waals surface area (Å²) in [5, 5.41) is 5.01. The molecule has 1 aromatic heterocycles. The van der Waals surface area contributed by atoms with Crippen molar-refractivity contribution < 1.29 is 0 Å². The molecule has 0 radical (unpaired) electrons. The summed E-state index contributed by atoms with van der Waals surface area (Å²) in [5.41, 5.74) is 4.05. The molecule has 3 heterocycles. The highest BCUT2D eigenvalue weighted by Crippen LogP contribution is 2.27. The number of piperazine rings is 1. The Morgan fingerprint density at radius 3 is 3.10 bits per heavy atom. The number of hydrogen-bond acceptors (Lipinski definition) is 2. The minimum atomic E-state index is 0.491. The molecule has 0 aliphatic carbocycles. The predicted octanol–water partition coefficient (Wildman–Crippen LogP) is 2.88. The molecule has 110 valence electrons. The first-order chi connectivity index (χ1) is 10.3. The van der Waals surface area contributed by atoms with E-state index < -0.39 is 0 Å². The second-order valence-corrected chi connectivity index (χ2v) is 6.34. The molecule has 2 aliphatic heterocycles. The van der Waals surface area contributed by atoms with E-state index in [2.05, 4.69) is 51.7 Å². The number of rotatable bonds is 3. The normalized spacial score (nSPS) is 25.2. The van der Waals surface area contributed by atoms with Gasteiger partial charge in [0.2, 0.25) is 0 Å². The van der Waals surface area contributed by atoms with Gasteiger partial charge < -0.3 is 15.2 Å². The number of para-hydroxylation sites is 1. The van der Waals surface area contributed by atoms with Crippen molar-refractivity contribution in [2.24, 2.45) is 0 Å². The van der Waals surface area contributed by atoms with Crippen molar-refractivity contribution in [3.63, 3.8) is 0 Å². The second-order valence-electron chi connectivity index (χ2n) is 6.03. The van der Waals surface area contributed by atoms with Crippen molar-refractivity contribution in [3.05, 3.63) is 47.8 Å². The van der Waals surface area contributed by atoms with Gasteiger partial charge in [0.25, 0.3) is 0 Å². The third-order valence-electron chi connectivity index (χ3n) is 4.74. The topological polar surface area (TPSA) is 31.1 Å². The molecule has 3 nitrogen and oxygen atoms in total. The zero-order valence-electron chi connectivity index (χ0n) is 12.0. The van der Waals surface area contributed by atoms with E-state index in [1.165, 1.54) is 22.2 Å². The fraction of sp³-hybridized carbons (Fsp3) is 0.412. The Bertz CT molecular complexity index is 675. The number of halogens is 1. The zero-order chi connectivity index (χ0) is 14.2. The molecule has 1 fully saturated rings. The average molecular weight is 302 g/mol. The van der Waals surface area contributed by atoms with Crippen LogP contribution in [0.1, 0.15) is 12.0 Å². The fourth-order valence-corrected chi connectivity index (χ4v) is 3.88. The van der Waals surface area contributed by atoms with Gasteiger partial charge in [0.15, 0.2) is 0 Å². The van der Waals surface area contributed by atoms with E-state index in [0.717, 1.165) is 31.8 Å². The van der Waals surface area contributed by atoms with Crippen LogP contribution >= 0.6 is 11.6 Å². The van der Waals surface area contributed by atoms with Crippen LogP contribution in [-0.2, 0) is 6.42 Å². The number of nitrogens with one attached hydrogen (secondary N) is 2. The van der Waals surface area contributed by atoms with E-state index in [4.69, 9.17) is 11.6 Å². The maximum atomic E-state index is 6.10. The average Bonchev–Trinajstić information content (AvgIpc) is 3.11. The van der Waals surface area contributed by atoms with Gasteiger partial charge in [0, 0.05) is 53.9 Å². The van der Waals surface area contributed by atoms with Gasteiger partial charge in [0.05, 0.1) is 0 Å². The molecule has 0 bridgehead atoms. The molecular formula is C17H20ClN3. The van der Waals surface area contributed by atoms with Crippen LogP contribution in [-0.4, -0.2) is 40.9 Å². The van der Waals surface area contributed by atoms with Gasteiger partial charge in [-0.15, -0.1) is 11.6 Å². The molecule has 2 aromatic rings. The van der Waals surface area contributed by atoms with Crippen molar-refractivity contribution >= 4 is 22.5 Å². The van der Waals surface area contributed by atoms with Crippen molar-refractivity contribution in [1.82, 2.24) is 15.2 Å². The molecule has 4 heteroatoms. The van der Waals surface area contributed by atoms with Crippen LogP contribution in [0.25, 0.3) is 10.9 Å². The third kappa shape index (κ3) is 2.34. The van der Waals surface area contributed by atoms with E-state index in [1.807, 2.05) is 0 Å². The van der Waals surface area contributed by atoms with Gasteiger partial charge in [-0.1, -0.05) is 24.3 Å². The number of hydrogen-bond donors (Lipinski definition) is 2. The molecule has 0 spiro atoms. The van der Waals surface area contributed by atoms with Gasteiger partial charge in [-0.3, -0.25) is 0 Å². The number of aromatic amines is 1. The minimum absolute atomic E-state index is 0.491. The Labute approximate surface area is 130 Å². The lowest BCUT2D eigenvalue weighted by Gasteiger charge is -2.38. The maximum Gasteiger partial charge on any atom is 0.0458 e. The smallest absolute Gasteiger partial charge is 0.0458 e. The first-order valence-corrected chi connectivity index (χ1v) is 8.18. The van der Waals surface area contributed by atoms with Crippen molar-refractivity contribution in [2.45, 2.75) is 24.9 Å². The number of fused-ring (bicyclic) bond motifs is 2. The number of H-pyrrole nitrogens is 1. The Kier molecular flexibility index (Phi) is 3.40. The Morgan fingerprint density at radius 2 is 2.19 bits per heavy atom. The van der Waals surface area contributed by atoms with E-state index in [9.17, 15) is 0 Å². The van der Waals surface area contributed by atoms with Crippen LogP contribution in [0.15, 0.2) is 42.2 Å². The summed E-state index contributed by atoms with van der Waals surface area (Å²) in [6, 6.07) is 9.51. The number of aromatic nitrogens is 1. The number of alkyl halides is 1. The second kappa shape index (κ2) is 5.39. The van der Waals surface area contributed by atoms with Crippen LogP contribution in [0, 0.1) is 0 Å². The monoisotopic (exact) mass is 301 g/mol. The van der Waals surface area contributed by atoms with Crippen molar-refractivity contribution in [3.8, 4) is 0 Å². The summed E-state index contributed by atoms with van der Waals surface area (Å²) in [7, 11) is 0. The maximum absolute atomic E-state index is 6.10. The van der Waals surface area contributed by atoms with Crippen LogP contribution in [0.3, 0.4) is 0 Å². The molecule has 2 aliphatic rings. The SMILES string of the molecule is ClC[C@H]1CC=C2CN[C@H](Cc3c[nH]c4ccccc34)CN21. The van der Waals surface area contributed by atoms with Crippen LogP contribution < -0.4 is 5.32 Å². The number of nitrogens with zero attached hydrogens (tertiary/aromatic N) is 1. The van der Waals surface area contributed by atoms with Crippen molar-refractivity contribution in [2.75, 3.05) is 19.0 Å². The predicted molar refractivity (Wildman–Crippen MR) is 87.7 cm³/mol. The Hall–Kier alpha value is -1.45. The molecule has 1 aromatic carbocycles. The van der Waals surface area contributed by atoms with Crippen LogP contribution in [0.2, 0.25) is 0 Å². The number of benzene rings is 1. The molecule has 21 heavy (non-hydrogen) atoms. The zero-order valence-corrected chi connectivity index (χ0v) is 12.7. The highest BCUT2D eigenvalue weighted by Gasteiger charge is 2.31. The van der Waals surface area contributed by atoms with Gasteiger partial charge in [-0.25, -0.2) is 0 Å². The highest BCUT2D eigenvalue weighted by molar-refractivity contribution is 6.18. The first kappa shape index (κ1) is 13.2. The van der Waals surface area contributed by atoms with Gasteiger partial charge >= 0.3 is 0 Å². The summed E-state index contributed by atoms with van der Waals surface area (Å²) >= 11 is 6.10. The molecule has 2 atom stereocenters. The molecular weight excluding hydrogens is 282 g/mol. The summed E-state index contributed by atoms with van der Waals surface area (Å²) in [6.45, 7) is 2.03. The molecule has 0 unspecified atom stereocenters. The fourth-order valence-electron chi connectivity index (χ4n) is 3.59. The summed E-state index contributed by atoms with van der Waals surface area (Å²) < 4.78 is 0. The Balaban J connectivity index is 1.52. The largest absolute Gasteiger partial charge is 0.368 e. The quantitative estimate of drug-likeness (QED) is 0.854. The van der Waals surface area contributed by atoms with Gasteiger partial charge in [-0.2, -0.15) is 0 Å². The highest BCUT2D eigenvalue weighted by atomic mass is 35.5. The summed E-state index contributed by atoms with van der Waals surface area (Å²) in [5.74, 6) is 0.722. The lowest BCUT2D eigenvalue weighted by Crippen LogP contribution is -2.51. The standard InChI is InChI=1S/C17H20ClN3/c18-8-14-5-6-15-10-19-13(11-21(14)15)7-12-9-20-17-4-2-1-3-16(12)17/h1-4,6,9,13-14,19-20H,5,7-8,10-11H2/t13-,14-/m1/s1. The van der Waals surface area contributed by atoms with Crippen LogP contribution in [0.4, 0.5) is 0 Å². The van der Waals surface area contributed by atoms with E-state index in [-0.39, 0.29) is 0 Å². The lowest BCUT2D eigenvalue weighted by atomic mass is 10.0. The molecule has 0 amide bonds. The van der Waals surface area contributed by atoms with E-state index in [1.54, 1.807) is 0 Å². The van der Waals surface area contributed by atoms with Gasteiger partial charge in [0.1, 0.15) is 0 Å². The van der Waals surface area contributed by atoms with Gasteiger partial charge in [-0.05, 0) is 24.5 Å². The molecule has 0 saturated carbocycles.